The van der Waals surface area contributed by atoms with Gasteiger partial charge >= 0.3 is 6.18 Å². The van der Waals surface area contributed by atoms with Crippen molar-refractivity contribution in [2.24, 2.45) is 5.92 Å². The lowest BCUT2D eigenvalue weighted by Gasteiger charge is -2.39. The van der Waals surface area contributed by atoms with Gasteiger partial charge in [-0.3, -0.25) is 4.90 Å². The van der Waals surface area contributed by atoms with E-state index in [0.717, 1.165) is 73.8 Å². The smallest absolute Gasteiger partial charge is 0.378 e. The molecule has 0 amide bonds. The third kappa shape index (κ3) is 5.32. The summed E-state index contributed by atoms with van der Waals surface area (Å²) < 4.78 is 47.8. The highest BCUT2D eigenvalue weighted by Gasteiger charge is 2.46. The van der Waals surface area contributed by atoms with Crippen LogP contribution in [0.1, 0.15) is 19.3 Å². The fraction of sp³-hybridized carbons (Fsp3) is 0.556. The monoisotopic (exact) mass is 529 g/mol. The largest absolute Gasteiger partial charge is 0.408 e. The molecule has 3 aliphatic rings. The maximum absolute atomic E-state index is 14.1. The van der Waals surface area contributed by atoms with E-state index in [9.17, 15) is 13.2 Å². The molecule has 0 spiro atoms. The van der Waals surface area contributed by atoms with Gasteiger partial charge in [0.25, 0.3) is 0 Å². The number of hydrogen-bond acceptors (Lipinski definition) is 7. The van der Waals surface area contributed by atoms with Crippen molar-refractivity contribution in [1.29, 1.82) is 0 Å². The summed E-state index contributed by atoms with van der Waals surface area (Å²) in [5.41, 5.74) is 2.94. The van der Waals surface area contributed by atoms with Crippen molar-refractivity contribution in [1.82, 2.24) is 25.2 Å². The Labute approximate surface area is 220 Å². The van der Waals surface area contributed by atoms with Gasteiger partial charge in [0.1, 0.15) is 23.8 Å². The minimum Gasteiger partial charge on any atom is -0.378 e. The van der Waals surface area contributed by atoms with Gasteiger partial charge < -0.3 is 25.3 Å². The number of likely N-dealkylation sites (tertiary alicyclic amines) is 1. The molecule has 1 unspecified atom stereocenters. The molecule has 11 heteroatoms. The van der Waals surface area contributed by atoms with E-state index in [-0.39, 0.29) is 0 Å². The summed E-state index contributed by atoms with van der Waals surface area (Å²) in [6.07, 6.45) is -0.588. The average molecular weight is 530 g/mol. The molecule has 0 aliphatic carbocycles. The minimum absolute atomic E-state index is 0.439. The Morgan fingerprint density at radius 1 is 1.00 bits per heavy atom. The van der Waals surface area contributed by atoms with Gasteiger partial charge in [0.2, 0.25) is 0 Å². The van der Waals surface area contributed by atoms with E-state index in [0.29, 0.717) is 37.8 Å². The van der Waals surface area contributed by atoms with Gasteiger partial charge in [-0.05, 0) is 68.6 Å². The third-order valence-electron chi connectivity index (χ3n) is 8.18. The summed E-state index contributed by atoms with van der Waals surface area (Å²) in [6.45, 7) is 6.23. The molecule has 8 nitrogen and oxygen atoms in total. The zero-order valence-electron chi connectivity index (χ0n) is 21.3. The van der Waals surface area contributed by atoms with Crippen LogP contribution in [0.3, 0.4) is 0 Å². The zero-order valence-corrected chi connectivity index (χ0v) is 21.3. The summed E-state index contributed by atoms with van der Waals surface area (Å²) >= 11 is 0. The van der Waals surface area contributed by atoms with Crippen LogP contribution in [0, 0.1) is 5.92 Å². The van der Waals surface area contributed by atoms with Crippen LogP contribution in [0.2, 0.25) is 0 Å². The van der Waals surface area contributed by atoms with Crippen LogP contribution in [-0.4, -0.2) is 90.6 Å². The lowest BCUT2D eigenvalue weighted by atomic mass is 9.88. The van der Waals surface area contributed by atoms with Crippen molar-refractivity contribution in [3.8, 4) is 11.3 Å². The number of benzene rings is 1. The van der Waals surface area contributed by atoms with Gasteiger partial charge in [-0.1, -0.05) is 12.1 Å². The normalized spacial score (nSPS) is 22.7. The SMILES string of the molecule is FC(F)(F)[C@@H](Nc1ccc(-c2cc3c(N4CCOCC4)ncnc3[nH]2)cc1)C1CCN(C2CCNC2)CC1. The molecule has 0 radical (unpaired) electrons. The number of nitrogens with zero attached hydrogens (tertiary/aromatic N) is 4. The van der Waals surface area contributed by atoms with Crippen LogP contribution < -0.4 is 15.5 Å². The fourth-order valence-electron chi connectivity index (χ4n) is 6.07. The minimum atomic E-state index is -4.31. The fourth-order valence-corrected chi connectivity index (χ4v) is 6.07. The molecular weight excluding hydrogens is 495 g/mol. The number of anilines is 2. The highest BCUT2D eigenvalue weighted by molar-refractivity contribution is 5.92. The van der Waals surface area contributed by atoms with Crippen molar-refractivity contribution in [2.75, 3.05) is 62.7 Å². The highest BCUT2D eigenvalue weighted by Crippen LogP contribution is 2.36. The van der Waals surface area contributed by atoms with Gasteiger partial charge in [-0.25, -0.2) is 9.97 Å². The number of aromatic nitrogens is 3. The predicted molar refractivity (Wildman–Crippen MR) is 141 cm³/mol. The van der Waals surface area contributed by atoms with Gasteiger partial charge in [-0.2, -0.15) is 13.2 Å². The molecule has 1 aromatic carbocycles. The predicted octanol–water partition coefficient (Wildman–Crippen LogP) is 3.88. The highest BCUT2D eigenvalue weighted by atomic mass is 19.4. The van der Waals surface area contributed by atoms with E-state index in [4.69, 9.17) is 4.74 Å². The number of hydrogen-bond donors (Lipinski definition) is 3. The zero-order chi connectivity index (χ0) is 26.1. The molecule has 6 rings (SSSR count). The second kappa shape index (κ2) is 10.7. The summed E-state index contributed by atoms with van der Waals surface area (Å²) in [5, 5.41) is 7.10. The number of H-pyrrole nitrogens is 1. The maximum atomic E-state index is 14.1. The number of alkyl halides is 3. The molecule has 2 aromatic heterocycles. The maximum Gasteiger partial charge on any atom is 0.408 e. The van der Waals surface area contributed by atoms with Crippen molar-refractivity contribution in [3.05, 3.63) is 36.7 Å². The lowest BCUT2D eigenvalue weighted by molar-refractivity contribution is -0.157. The molecule has 5 heterocycles. The average Bonchev–Trinajstić information content (AvgIpc) is 3.63. The molecule has 3 fully saturated rings. The number of nitrogens with one attached hydrogen (secondary N) is 3. The first-order valence-corrected chi connectivity index (χ1v) is 13.5. The Bertz CT molecular complexity index is 1210. The van der Waals surface area contributed by atoms with Gasteiger partial charge in [0, 0.05) is 37.1 Å². The number of aromatic amines is 1. The molecule has 3 saturated heterocycles. The van der Waals surface area contributed by atoms with E-state index >= 15 is 0 Å². The Morgan fingerprint density at radius 3 is 2.45 bits per heavy atom. The Balaban J connectivity index is 1.15. The summed E-state index contributed by atoms with van der Waals surface area (Å²) in [5.74, 6) is 0.425. The second-order valence-electron chi connectivity index (χ2n) is 10.5. The second-order valence-corrected chi connectivity index (χ2v) is 10.5. The van der Waals surface area contributed by atoms with E-state index in [1.54, 1.807) is 18.5 Å². The van der Waals surface area contributed by atoms with Crippen molar-refractivity contribution >= 4 is 22.5 Å². The molecule has 3 aliphatic heterocycles. The Morgan fingerprint density at radius 2 is 1.76 bits per heavy atom. The lowest BCUT2D eigenvalue weighted by Crippen LogP contribution is -2.49. The number of rotatable bonds is 6. The number of ether oxygens (including phenoxy) is 1. The van der Waals surface area contributed by atoms with E-state index in [1.807, 2.05) is 18.2 Å². The molecule has 38 heavy (non-hydrogen) atoms. The first-order chi connectivity index (χ1) is 18.5. The number of piperidine rings is 1. The molecule has 0 saturated carbocycles. The number of fused-ring (bicyclic) bond motifs is 1. The van der Waals surface area contributed by atoms with Crippen LogP contribution in [0.5, 0.6) is 0 Å². The molecule has 3 N–H and O–H groups in total. The number of halogens is 3. The van der Waals surface area contributed by atoms with Crippen molar-refractivity contribution in [3.63, 3.8) is 0 Å². The van der Waals surface area contributed by atoms with E-state index in [1.165, 1.54) is 0 Å². The van der Waals surface area contributed by atoms with E-state index < -0.39 is 18.1 Å². The molecule has 0 bridgehead atoms. The topological polar surface area (TPSA) is 81.3 Å². The molecular formula is C27H34F3N7O. The first kappa shape index (κ1) is 25.4. The molecule has 3 aromatic rings. The summed E-state index contributed by atoms with van der Waals surface area (Å²) in [7, 11) is 0. The third-order valence-corrected chi connectivity index (χ3v) is 8.18. The van der Waals surface area contributed by atoms with Gasteiger partial charge in [-0.15, -0.1) is 0 Å². The van der Waals surface area contributed by atoms with Crippen LogP contribution >= 0.6 is 0 Å². The Kier molecular flexibility index (Phi) is 7.15. The van der Waals surface area contributed by atoms with Crippen LogP contribution in [0.15, 0.2) is 36.7 Å². The standard InChI is InChI=1S/C27H34F3N7O/c28-27(29,30)24(19-6-9-36(10-7-19)21-5-8-31-16-21)34-20-3-1-18(2-4-20)23-15-22-25(35-23)32-17-33-26(22)37-11-13-38-14-12-37/h1-4,15,17,19,21,24,31,34H,5-14,16H2,(H,32,33,35)/t21?,24-/m0/s1. The van der Waals surface area contributed by atoms with Crippen molar-refractivity contribution in [2.45, 2.75) is 37.5 Å². The van der Waals surface area contributed by atoms with Gasteiger partial charge in [0.05, 0.1) is 18.6 Å². The quantitative estimate of drug-likeness (QED) is 0.447. The summed E-state index contributed by atoms with van der Waals surface area (Å²) in [4.78, 5) is 16.8. The summed E-state index contributed by atoms with van der Waals surface area (Å²) in [6, 6.07) is 8.06. The van der Waals surface area contributed by atoms with Crippen LogP contribution in [0.4, 0.5) is 24.7 Å². The van der Waals surface area contributed by atoms with E-state index in [2.05, 4.69) is 35.4 Å². The first-order valence-electron chi connectivity index (χ1n) is 13.5. The van der Waals surface area contributed by atoms with Gasteiger partial charge in [0.15, 0.2) is 0 Å². The van der Waals surface area contributed by atoms with Crippen LogP contribution in [0.25, 0.3) is 22.3 Å². The van der Waals surface area contributed by atoms with Crippen LogP contribution in [-0.2, 0) is 4.74 Å². The number of morpholine rings is 1. The Hall–Kier alpha value is -2.89. The van der Waals surface area contributed by atoms with Crippen molar-refractivity contribution < 1.29 is 17.9 Å². The molecule has 2 atom stereocenters. The molecule has 204 valence electrons.